The number of nitrogens with zero attached hydrogens (tertiary/aromatic N) is 5. The third-order valence-corrected chi connectivity index (χ3v) is 7.89. The lowest BCUT2D eigenvalue weighted by atomic mass is 9.99. The highest BCUT2D eigenvalue weighted by atomic mass is 32.2. The molecule has 9 nitrogen and oxygen atoms in total. The van der Waals surface area contributed by atoms with Crippen LogP contribution in [0.1, 0.15) is 42.9 Å². The summed E-state index contributed by atoms with van der Waals surface area (Å²) in [6.07, 6.45) is -1.87. The second-order valence-electron chi connectivity index (χ2n) is 10.7. The molecule has 1 N–H and O–H groups in total. The third-order valence-electron chi connectivity index (χ3n) is 6.97. The first-order chi connectivity index (χ1) is 21.5. The zero-order valence-electron chi connectivity index (χ0n) is 24.8. The van der Waals surface area contributed by atoms with Gasteiger partial charge in [-0.25, -0.2) is 14.5 Å². The molecular weight excluding hydrogens is 605 g/mol. The number of aryl methyl sites for hydroxylation is 2. The molecule has 3 amide bonds. The molecule has 0 aliphatic carbocycles. The van der Waals surface area contributed by atoms with E-state index in [9.17, 15) is 22.8 Å². The summed E-state index contributed by atoms with van der Waals surface area (Å²) < 4.78 is 42.6. The minimum Gasteiger partial charge on any atom is -0.406 e. The number of benzene rings is 3. The van der Waals surface area contributed by atoms with E-state index in [0.717, 1.165) is 27.9 Å². The lowest BCUT2D eigenvalue weighted by molar-refractivity contribution is -0.274. The number of ether oxygens (including phenoxy) is 1. The molecule has 4 aromatic rings. The van der Waals surface area contributed by atoms with Crippen molar-refractivity contribution in [2.24, 2.45) is 4.99 Å². The van der Waals surface area contributed by atoms with Crippen molar-refractivity contribution in [3.8, 4) is 22.8 Å². The topological polar surface area (TPSA) is 102 Å². The van der Waals surface area contributed by atoms with Gasteiger partial charge in [-0.15, -0.1) is 18.3 Å². The molecule has 1 aromatic heterocycles. The van der Waals surface area contributed by atoms with E-state index in [4.69, 9.17) is 0 Å². The lowest BCUT2D eigenvalue weighted by Gasteiger charge is -2.22. The van der Waals surface area contributed by atoms with Gasteiger partial charge in [-0.2, -0.15) is 4.99 Å². The zero-order chi connectivity index (χ0) is 32.1. The van der Waals surface area contributed by atoms with Gasteiger partial charge in [-0.05, 0) is 72.7 Å². The Morgan fingerprint density at radius 1 is 1.09 bits per heavy atom. The van der Waals surface area contributed by atoms with E-state index in [1.165, 1.54) is 47.0 Å². The number of thioether (sulfide) groups is 1. The Balaban J connectivity index is 1.13. The summed E-state index contributed by atoms with van der Waals surface area (Å²) in [4.78, 5) is 35.5. The normalized spacial score (nSPS) is 14.4. The number of anilines is 1. The summed E-state index contributed by atoms with van der Waals surface area (Å²) in [5.41, 5.74) is 5.18. The second kappa shape index (κ2) is 13.6. The molecule has 5 rings (SSSR count). The Hall–Kier alpha value is -4.65. The van der Waals surface area contributed by atoms with Gasteiger partial charge in [0.05, 0.1) is 17.1 Å². The molecule has 1 saturated heterocycles. The molecule has 2 heterocycles. The summed E-state index contributed by atoms with van der Waals surface area (Å²) in [5.74, 6) is 0.486. The number of aromatic nitrogens is 3. The van der Waals surface area contributed by atoms with Gasteiger partial charge >= 0.3 is 12.4 Å². The first-order valence-corrected chi connectivity index (χ1v) is 15.3. The number of hydrogen-bond acceptors (Lipinski definition) is 6. The van der Waals surface area contributed by atoms with Gasteiger partial charge in [0.1, 0.15) is 12.1 Å². The van der Waals surface area contributed by atoms with Crippen LogP contribution in [0.3, 0.4) is 0 Å². The average Bonchev–Trinajstić information content (AvgIpc) is 3.62. The maximum absolute atomic E-state index is 12.7. The molecule has 0 bridgehead atoms. The second-order valence-corrected chi connectivity index (χ2v) is 11.7. The van der Waals surface area contributed by atoms with Crippen molar-refractivity contribution >= 4 is 34.6 Å². The minimum absolute atomic E-state index is 0.0990. The molecule has 1 aliphatic heterocycles. The number of hydrogen-bond donors (Lipinski definition) is 1. The van der Waals surface area contributed by atoms with Crippen LogP contribution in [-0.2, 0) is 11.2 Å². The van der Waals surface area contributed by atoms with Crippen LogP contribution in [0.2, 0.25) is 0 Å². The highest BCUT2D eigenvalue weighted by Crippen LogP contribution is 2.34. The number of amidine groups is 1. The van der Waals surface area contributed by atoms with Gasteiger partial charge in [-0.1, -0.05) is 62.0 Å². The van der Waals surface area contributed by atoms with E-state index in [1.54, 1.807) is 4.90 Å². The highest BCUT2D eigenvalue weighted by molar-refractivity contribution is 8.15. The number of halogens is 3. The number of rotatable bonds is 9. The number of carbonyl (C=O) groups excluding carboxylic acids is 2. The largest absolute Gasteiger partial charge is 0.573 e. The molecule has 45 heavy (non-hydrogen) atoms. The quantitative estimate of drug-likeness (QED) is 0.198. The molecule has 234 valence electrons. The van der Waals surface area contributed by atoms with E-state index in [0.29, 0.717) is 36.1 Å². The van der Waals surface area contributed by atoms with E-state index in [1.807, 2.05) is 49.4 Å². The van der Waals surface area contributed by atoms with Crippen LogP contribution in [0, 0.1) is 6.92 Å². The van der Waals surface area contributed by atoms with Gasteiger partial charge in [0.15, 0.2) is 11.0 Å². The van der Waals surface area contributed by atoms with Crippen molar-refractivity contribution < 1.29 is 27.5 Å². The average molecular weight is 637 g/mol. The van der Waals surface area contributed by atoms with Gasteiger partial charge in [-0.3, -0.25) is 9.69 Å². The molecule has 0 unspecified atom stereocenters. The van der Waals surface area contributed by atoms with E-state index in [-0.39, 0.29) is 23.3 Å². The predicted molar refractivity (Wildman–Crippen MR) is 168 cm³/mol. The maximum Gasteiger partial charge on any atom is 0.573 e. The van der Waals surface area contributed by atoms with Crippen molar-refractivity contribution in [3.63, 3.8) is 0 Å². The van der Waals surface area contributed by atoms with Crippen molar-refractivity contribution in [2.75, 3.05) is 17.2 Å². The summed E-state index contributed by atoms with van der Waals surface area (Å²) in [7, 11) is 0. The SMILES string of the molecule is Cc1ccc(C(C)C)c(N2C(=O)CSC2=NC(=O)NCCCc2ccc(-c3ncn(-c4ccc(OC(F)(F)F)cc4)n3)cc2)c1. The molecule has 13 heteroatoms. The third kappa shape index (κ3) is 8.09. The van der Waals surface area contributed by atoms with Crippen molar-refractivity contribution in [1.29, 1.82) is 0 Å². The number of aliphatic imine (C=N–C) groups is 1. The Bertz CT molecular complexity index is 1700. The van der Waals surface area contributed by atoms with E-state index >= 15 is 0 Å². The smallest absolute Gasteiger partial charge is 0.406 e. The fourth-order valence-corrected chi connectivity index (χ4v) is 5.63. The number of alkyl halides is 3. The molecule has 0 atom stereocenters. The summed E-state index contributed by atoms with van der Waals surface area (Å²) in [5, 5.41) is 7.62. The van der Waals surface area contributed by atoms with Gasteiger partial charge < -0.3 is 10.1 Å². The molecule has 0 radical (unpaired) electrons. The molecule has 1 fully saturated rings. The van der Waals surface area contributed by atoms with Gasteiger partial charge in [0, 0.05) is 12.1 Å². The molecule has 0 spiro atoms. The number of urea groups is 1. The first kappa shape index (κ1) is 31.8. The van der Waals surface area contributed by atoms with Crippen molar-refractivity contribution in [3.05, 3.63) is 89.7 Å². The Kier molecular flexibility index (Phi) is 9.57. The molecule has 1 aliphatic rings. The van der Waals surface area contributed by atoms with Crippen LogP contribution in [0.4, 0.5) is 23.7 Å². The Morgan fingerprint density at radius 2 is 1.82 bits per heavy atom. The standard InChI is InChI=1S/C32H31F3N6O3S/c1-20(2)26-15-6-21(3)17-27(26)41-28(42)18-45-31(41)38-30(43)36-16-4-5-22-7-9-23(10-8-22)29-37-19-40(39-29)24-11-13-25(14-12-24)44-32(33,34)35/h6-15,17,19-20H,4-5,16,18H2,1-3H3,(H,36,43). The van der Waals surface area contributed by atoms with Crippen LogP contribution < -0.4 is 15.0 Å². The molecular formula is C32H31F3N6O3S. The minimum atomic E-state index is -4.75. The number of amides is 3. The predicted octanol–water partition coefficient (Wildman–Crippen LogP) is 7.04. The van der Waals surface area contributed by atoms with Crippen molar-refractivity contribution in [2.45, 2.75) is 45.9 Å². The number of nitrogens with one attached hydrogen (secondary N) is 1. The van der Waals surface area contributed by atoms with Gasteiger partial charge in [0.2, 0.25) is 5.91 Å². The number of carbonyl (C=O) groups is 2. The van der Waals surface area contributed by atoms with Gasteiger partial charge in [0.25, 0.3) is 0 Å². The zero-order valence-corrected chi connectivity index (χ0v) is 25.7. The van der Waals surface area contributed by atoms with Crippen LogP contribution in [0.25, 0.3) is 17.1 Å². The fraction of sp³-hybridized carbons (Fsp3) is 0.281. The lowest BCUT2D eigenvalue weighted by Crippen LogP contribution is -2.32. The summed E-state index contributed by atoms with van der Waals surface area (Å²) in [6, 6.07) is 18.5. The van der Waals surface area contributed by atoms with Crippen LogP contribution in [0.5, 0.6) is 5.75 Å². The Morgan fingerprint density at radius 3 is 2.51 bits per heavy atom. The molecule has 3 aromatic carbocycles. The summed E-state index contributed by atoms with van der Waals surface area (Å²) in [6.45, 7) is 6.51. The van der Waals surface area contributed by atoms with E-state index < -0.39 is 12.4 Å². The van der Waals surface area contributed by atoms with Crippen LogP contribution in [0.15, 0.2) is 78.0 Å². The van der Waals surface area contributed by atoms with Crippen molar-refractivity contribution in [1.82, 2.24) is 20.1 Å². The highest BCUT2D eigenvalue weighted by Gasteiger charge is 2.33. The Labute approximate surface area is 262 Å². The van der Waals surface area contributed by atoms with Crippen LogP contribution >= 0.6 is 11.8 Å². The fourth-order valence-electron chi connectivity index (χ4n) is 4.77. The van der Waals surface area contributed by atoms with Crippen LogP contribution in [-0.4, -0.2) is 50.5 Å². The maximum atomic E-state index is 12.7. The summed E-state index contributed by atoms with van der Waals surface area (Å²) >= 11 is 1.26. The first-order valence-electron chi connectivity index (χ1n) is 14.3. The monoisotopic (exact) mass is 636 g/mol. The molecule has 0 saturated carbocycles. The van der Waals surface area contributed by atoms with E-state index in [2.05, 4.69) is 39.0 Å².